The van der Waals surface area contributed by atoms with Crippen molar-refractivity contribution in [2.45, 2.75) is 12.8 Å². The molecule has 4 nitrogen and oxygen atoms in total. The third-order valence-electron chi connectivity index (χ3n) is 3.46. The quantitative estimate of drug-likeness (QED) is 0.575. The van der Waals surface area contributed by atoms with Crippen LogP contribution in [0.2, 0.25) is 5.02 Å². The zero-order chi connectivity index (χ0) is 17.5. The van der Waals surface area contributed by atoms with Crippen molar-refractivity contribution in [3.8, 4) is 17.0 Å². The molecule has 0 atom stereocenters. The maximum absolute atomic E-state index is 12.0. The van der Waals surface area contributed by atoms with Gasteiger partial charge in [0.1, 0.15) is 5.75 Å². The zero-order valence-electron chi connectivity index (χ0n) is 13.4. The molecule has 0 fully saturated rings. The number of aromatic nitrogens is 1. The number of anilines is 1. The Labute approximate surface area is 155 Å². The molecule has 128 valence electrons. The molecular formula is C19H17ClN2O2S. The average Bonchev–Trinajstić information content (AvgIpc) is 3.09. The second-order valence-corrected chi connectivity index (χ2v) is 6.60. The highest BCUT2D eigenvalue weighted by molar-refractivity contribution is 7.14. The minimum Gasteiger partial charge on any atom is -0.492 e. The SMILES string of the molecule is O=C(CCCOc1ccccc1Cl)Nc1nc(-c2ccccc2)cs1. The van der Waals surface area contributed by atoms with E-state index in [0.717, 1.165) is 11.3 Å². The van der Waals surface area contributed by atoms with Crippen LogP contribution in [-0.2, 0) is 4.79 Å². The molecular weight excluding hydrogens is 356 g/mol. The Morgan fingerprint density at radius 1 is 1.12 bits per heavy atom. The number of ether oxygens (including phenoxy) is 1. The lowest BCUT2D eigenvalue weighted by Gasteiger charge is -2.07. The van der Waals surface area contributed by atoms with Crippen molar-refractivity contribution in [1.82, 2.24) is 4.98 Å². The molecule has 3 aromatic rings. The largest absolute Gasteiger partial charge is 0.492 e. The van der Waals surface area contributed by atoms with Crippen LogP contribution in [0.3, 0.4) is 0 Å². The zero-order valence-corrected chi connectivity index (χ0v) is 15.0. The molecule has 3 rings (SSSR count). The van der Waals surface area contributed by atoms with E-state index >= 15 is 0 Å². The summed E-state index contributed by atoms with van der Waals surface area (Å²) >= 11 is 7.43. The Morgan fingerprint density at radius 2 is 1.88 bits per heavy atom. The summed E-state index contributed by atoms with van der Waals surface area (Å²) in [5.41, 5.74) is 1.90. The van der Waals surface area contributed by atoms with Gasteiger partial charge in [0.2, 0.25) is 5.91 Å². The molecule has 1 heterocycles. The molecule has 0 aliphatic carbocycles. The number of rotatable bonds is 7. The normalized spacial score (nSPS) is 10.4. The van der Waals surface area contributed by atoms with Gasteiger partial charge >= 0.3 is 0 Å². The highest BCUT2D eigenvalue weighted by Gasteiger charge is 2.08. The number of benzene rings is 2. The Morgan fingerprint density at radius 3 is 2.68 bits per heavy atom. The fraction of sp³-hybridized carbons (Fsp3) is 0.158. The van der Waals surface area contributed by atoms with Crippen molar-refractivity contribution < 1.29 is 9.53 Å². The number of nitrogens with one attached hydrogen (secondary N) is 1. The van der Waals surface area contributed by atoms with Crippen molar-refractivity contribution in [2.24, 2.45) is 0 Å². The minimum absolute atomic E-state index is 0.0725. The first kappa shape index (κ1) is 17.5. The number of halogens is 1. The van der Waals surface area contributed by atoms with Gasteiger partial charge in [-0.25, -0.2) is 4.98 Å². The number of thiazole rings is 1. The summed E-state index contributed by atoms with van der Waals surface area (Å²) in [5.74, 6) is 0.564. The number of carbonyl (C=O) groups excluding carboxylic acids is 1. The lowest BCUT2D eigenvalue weighted by atomic mass is 10.2. The van der Waals surface area contributed by atoms with Gasteiger partial charge in [0.25, 0.3) is 0 Å². The van der Waals surface area contributed by atoms with E-state index in [2.05, 4.69) is 10.3 Å². The van der Waals surface area contributed by atoms with Crippen LogP contribution in [-0.4, -0.2) is 17.5 Å². The van der Waals surface area contributed by atoms with E-state index in [1.54, 1.807) is 6.07 Å². The molecule has 0 aliphatic heterocycles. The van der Waals surface area contributed by atoms with E-state index in [1.807, 2.05) is 53.9 Å². The van der Waals surface area contributed by atoms with Crippen LogP contribution in [0.1, 0.15) is 12.8 Å². The van der Waals surface area contributed by atoms with Gasteiger partial charge in [-0.15, -0.1) is 11.3 Å². The first-order chi connectivity index (χ1) is 12.2. The predicted octanol–water partition coefficient (Wildman–Crippen LogP) is 5.26. The summed E-state index contributed by atoms with van der Waals surface area (Å²) in [7, 11) is 0. The van der Waals surface area contributed by atoms with Gasteiger partial charge in [-0.05, 0) is 18.6 Å². The van der Waals surface area contributed by atoms with Crippen LogP contribution in [0.4, 0.5) is 5.13 Å². The fourth-order valence-electron chi connectivity index (χ4n) is 2.23. The summed E-state index contributed by atoms with van der Waals surface area (Å²) in [5, 5.41) is 5.94. The summed E-state index contributed by atoms with van der Waals surface area (Å²) in [4.78, 5) is 16.5. The van der Waals surface area contributed by atoms with Gasteiger partial charge in [0.05, 0.1) is 17.3 Å². The van der Waals surface area contributed by atoms with E-state index in [1.165, 1.54) is 11.3 Å². The minimum atomic E-state index is -0.0725. The Bertz CT molecular complexity index is 836. The van der Waals surface area contributed by atoms with Crippen molar-refractivity contribution >= 4 is 34.0 Å². The number of amides is 1. The van der Waals surface area contributed by atoms with E-state index in [0.29, 0.717) is 35.4 Å². The van der Waals surface area contributed by atoms with Gasteiger partial charge in [0, 0.05) is 17.4 Å². The molecule has 1 aromatic heterocycles. The molecule has 25 heavy (non-hydrogen) atoms. The molecule has 0 radical (unpaired) electrons. The Kier molecular flexibility index (Phi) is 6.04. The van der Waals surface area contributed by atoms with Crippen molar-refractivity contribution in [3.63, 3.8) is 0 Å². The van der Waals surface area contributed by atoms with Crippen LogP contribution in [0.25, 0.3) is 11.3 Å². The Hall–Kier alpha value is -2.37. The molecule has 6 heteroatoms. The monoisotopic (exact) mass is 372 g/mol. The third-order valence-corrected chi connectivity index (χ3v) is 4.53. The second kappa shape index (κ2) is 8.65. The highest BCUT2D eigenvalue weighted by Crippen LogP contribution is 2.25. The van der Waals surface area contributed by atoms with Crippen LogP contribution < -0.4 is 10.1 Å². The molecule has 2 aromatic carbocycles. The Balaban J connectivity index is 1.44. The summed E-state index contributed by atoms with van der Waals surface area (Å²) in [6.45, 7) is 0.435. The van der Waals surface area contributed by atoms with Gasteiger partial charge in [-0.2, -0.15) is 0 Å². The summed E-state index contributed by atoms with van der Waals surface area (Å²) in [6, 6.07) is 17.2. The van der Waals surface area contributed by atoms with E-state index in [-0.39, 0.29) is 5.91 Å². The van der Waals surface area contributed by atoms with Crippen LogP contribution in [0.15, 0.2) is 60.0 Å². The maximum Gasteiger partial charge on any atom is 0.226 e. The van der Waals surface area contributed by atoms with E-state index < -0.39 is 0 Å². The molecule has 0 saturated heterocycles. The lowest BCUT2D eigenvalue weighted by molar-refractivity contribution is -0.116. The van der Waals surface area contributed by atoms with Crippen molar-refractivity contribution in [1.29, 1.82) is 0 Å². The fourth-order valence-corrected chi connectivity index (χ4v) is 3.16. The third kappa shape index (κ3) is 5.05. The number of nitrogens with zero attached hydrogens (tertiary/aromatic N) is 1. The lowest BCUT2D eigenvalue weighted by Crippen LogP contribution is -2.12. The molecule has 0 aliphatic rings. The summed E-state index contributed by atoms with van der Waals surface area (Å²) < 4.78 is 5.57. The van der Waals surface area contributed by atoms with Crippen LogP contribution >= 0.6 is 22.9 Å². The number of para-hydroxylation sites is 1. The highest BCUT2D eigenvalue weighted by atomic mass is 35.5. The molecule has 1 N–H and O–H groups in total. The molecule has 0 spiro atoms. The van der Waals surface area contributed by atoms with E-state index in [9.17, 15) is 4.79 Å². The molecule has 1 amide bonds. The average molecular weight is 373 g/mol. The molecule has 0 unspecified atom stereocenters. The topological polar surface area (TPSA) is 51.2 Å². The molecule has 0 bridgehead atoms. The van der Waals surface area contributed by atoms with Crippen LogP contribution in [0, 0.1) is 0 Å². The van der Waals surface area contributed by atoms with Crippen molar-refractivity contribution in [2.75, 3.05) is 11.9 Å². The second-order valence-electron chi connectivity index (χ2n) is 5.33. The van der Waals surface area contributed by atoms with Crippen molar-refractivity contribution in [3.05, 3.63) is 65.0 Å². The number of hydrogen-bond donors (Lipinski definition) is 1. The number of hydrogen-bond acceptors (Lipinski definition) is 4. The summed E-state index contributed by atoms with van der Waals surface area (Å²) in [6.07, 6.45) is 0.971. The van der Waals surface area contributed by atoms with E-state index in [4.69, 9.17) is 16.3 Å². The van der Waals surface area contributed by atoms with Crippen LogP contribution in [0.5, 0.6) is 5.75 Å². The van der Waals surface area contributed by atoms with Gasteiger partial charge in [0.15, 0.2) is 5.13 Å². The standard InChI is InChI=1S/C19H17ClN2O2S/c20-15-9-4-5-10-17(15)24-12-6-11-18(23)22-19-21-16(13-25-19)14-7-2-1-3-8-14/h1-5,7-10,13H,6,11-12H2,(H,21,22,23). The smallest absolute Gasteiger partial charge is 0.226 e. The molecule has 0 saturated carbocycles. The predicted molar refractivity (Wildman–Crippen MR) is 102 cm³/mol. The van der Waals surface area contributed by atoms with Gasteiger partial charge in [-0.1, -0.05) is 54.1 Å². The first-order valence-electron chi connectivity index (χ1n) is 7.90. The van der Waals surface area contributed by atoms with Gasteiger partial charge < -0.3 is 10.1 Å². The van der Waals surface area contributed by atoms with Gasteiger partial charge in [-0.3, -0.25) is 4.79 Å². The maximum atomic E-state index is 12.0. The first-order valence-corrected chi connectivity index (χ1v) is 9.16. The number of carbonyl (C=O) groups is 1.